The van der Waals surface area contributed by atoms with Crippen molar-refractivity contribution in [1.82, 2.24) is 9.78 Å². The maximum atomic E-state index is 12.5. The van der Waals surface area contributed by atoms with Crippen molar-refractivity contribution in [3.05, 3.63) is 40.0 Å². The Morgan fingerprint density at radius 3 is 2.36 bits per heavy atom. The number of benzene rings is 1. The first kappa shape index (κ1) is 16.9. The minimum Gasteiger partial charge on any atom is -0.358 e. The highest BCUT2D eigenvalue weighted by Crippen LogP contribution is 2.32. The summed E-state index contributed by atoms with van der Waals surface area (Å²) in [6.07, 6.45) is -4.72. The van der Waals surface area contributed by atoms with Gasteiger partial charge in [0.05, 0.1) is 5.02 Å². The minimum atomic E-state index is -4.72. The molecule has 22 heavy (non-hydrogen) atoms. The number of alkyl halides is 3. The summed E-state index contributed by atoms with van der Waals surface area (Å²) in [5, 5.41) is 3.13. The van der Waals surface area contributed by atoms with Gasteiger partial charge in [-0.05, 0) is 18.2 Å². The van der Waals surface area contributed by atoms with E-state index in [1.54, 1.807) is 0 Å². The van der Waals surface area contributed by atoms with Crippen LogP contribution in [-0.2, 0) is 23.3 Å². The standard InChI is InChI=1S/C11H7Cl2F3N2O3S/c1-18-10(5-9(17-18)11(14,15)16)21-22(19,20)8-3-2-6(12)4-7(8)13/h2-5H,1H3. The topological polar surface area (TPSA) is 61.2 Å². The molecule has 1 heterocycles. The first-order valence-electron chi connectivity index (χ1n) is 5.51. The van der Waals surface area contributed by atoms with Crippen molar-refractivity contribution in [3.8, 4) is 5.88 Å². The van der Waals surface area contributed by atoms with Gasteiger partial charge < -0.3 is 4.18 Å². The predicted octanol–water partition coefficient (Wildman–Crippen LogP) is 3.51. The van der Waals surface area contributed by atoms with E-state index in [-0.39, 0.29) is 10.0 Å². The molecule has 0 aliphatic heterocycles. The Labute approximate surface area is 133 Å². The van der Waals surface area contributed by atoms with Crippen LogP contribution >= 0.6 is 23.2 Å². The van der Waals surface area contributed by atoms with Crippen LogP contribution in [0.25, 0.3) is 0 Å². The van der Waals surface area contributed by atoms with Crippen molar-refractivity contribution in [2.45, 2.75) is 11.1 Å². The Kier molecular flexibility index (Phi) is 4.33. The zero-order chi connectivity index (χ0) is 16.7. The van der Waals surface area contributed by atoms with Crippen LogP contribution in [0.5, 0.6) is 5.88 Å². The molecule has 0 saturated carbocycles. The lowest BCUT2D eigenvalue weighted by Crippen LogP contribution is -2.12. The molecule has 2 aromatic rings. The molecule has 0 radical (unpaired) electrons. The summed E-state index contributed by atoms with van der Waals surface area (Å²) in [6, 6.07) is 3.99. The molecular weight excluding hydrogens is 368 g/mol. The molecule has 2 rings (SSSR count). The predicted molar refractivity (Wildman–Crippen MR) is 72.5 cm³/mol. The van der Waals surface area contributed by atoms with Crippen molar-refractivity contribution < 1.29 is 25.8 Å². The van der Waals surface area contributed by atoms with Crippen molar-refractivity contribution in [2.75, 3.05) is 0 Å². The second kappa shape index (κ2) is 5.64. The summed E-state index contributed by atoms with van der Waals surface area (Å²) < 4.78 is 67.0. The van der Waals surface area contributed by atoms with Gasteiger partial charge in [-0.15, -0.1) is 0 Å². The molecule has 1 aromatic heterocycles. The van der Waals surface area contributed by atoms with Crippen LogP contribution in [0.2, 0.25) is 10.0 Å². The van der Waals surface area contributed by atoms with Crippen LogP contribution in [0.3, 0.4) is 0 Å². The van der Waals surface area contributed by atoms with Crippen LogP contribution in [0.1, 0.15) is 5.69 Å². The van der Waals surface area contributed by atoms with Gasteiger partial charge in [-0.2, -0.15) is 26.7 Å². The fourth-order valence-corrected chi connectivity index (χ4v) is 3.20. The Balaban J connectivity index is 2.39. The van der Waals surface area contributed by atoms with Crippen molar-refractivity contribution >= 4 is 33.3 Å². The number of hydrogen-bond donors (Lipinski definition) is 0. The van der Waals surface area contributed by atoms with E-state index in [1.165, 1.54) is 12.1 Å². The highest BCUT2D eigenvalue weighted by molar-refractivity contribution is 7.87. The Bertz CT molecular complexity index is 818. The molecule has 0 atom stereocenters. The third kappa shape index (κ3) is 3.47. The van der Waals surface area contributed by atoms with Crippen molar-refractivity contribution in [2.24, 2.45) is 7.05 Å². The van der Waals surface area contributed by atoms with Crippen LogP contribution in [0.4, 0.5) is 13.2 Å². The molecule has 0 bridgehead atoms. The molecule has 0 aliphatic rings. The summed E-state index contributed by atoms with van der Waals surface area (Å²) in [4.78, 5) is -0.423. The molecule has 0 amide bonds. The molecule has 5 nitrogen and oxygen atoms in total. The van der Waals surface area contributed by atoms with E-state index in [0.29, 0.717) is 10.7 Å². The molecule has 11 heteroatoms. The molecule has 0 fully saturated rings. The molecule has 0 unspecified atom stereocenters. The van der Waals surface area contributed by atoms with Crippen LogP contribution in [0, 0.1) is 0 Å². The van der Waals surface area contributed by atoms with Gasteiger partial charge in [0.25, 0.3) is 0 Å². The maximum absolute atomic E-state index is 12.5. The molecule has 120 valence electrons. The van der Waals surface area contributed by atoms with Gasteiger partial charge in [0.2, 0.25) is 5.88 Å². The number of nitrogens with zero attached hydrogens (tertiary/aromatic N) is 2. The highest BCUT2D eigenvalue weighted by Gasteiger charge is 2.35. The van der Waals surface area contributed by atoms with Gasteiger partial charge in [-0.25, -0.2) is 4.68 Å². The van der Waals surface area contributed by atoms with Crippen molar-refractivity contribution in [3.63, 3.8) is 0 Å². The average molecular weight is 375 g/mol. The number of aryl methyl sites for hydroxylation is 1. The molecular formula is C11H7Cl2F3N2O3S. The van der Waals surface area contributed by atoms with Gasteiger partial charge in [0.1, 0.15) is 4.90 Å². The number of hydrogen-bond acceptors (Lipinski definition) is 4. The number of halogens is 5. The van der Waals surface area contributed by atoms with E-state index >= 15 is 0 Å². The van der Waals surface area contributed by atoms with Gasteiger partial charge in [-0.3, -0.25) is 0 Å². The first-order valence-corrected chi connectivity index (χ1v) is 7.68. The third-order valence-corrected chi connectivity index (χ3v) is 4.43. The fraction of sp³-hybridized carbons (Fsp3) is 0.182. The quantitative estimate of drug-likeness (QED) is 0.771. The maximum Gasteiger partial charge on any atom is 0.435 e. The second-order valence-electron chi connectivity index (χ2n) is 4.10. The largest absolute Gasteiger partial charge is 0.435 e. The molecule has 0 spiro atoms. The van der Waals surface area contributed by atoms with Gasteiger partial charge in [0.15, 0.2) is 5.69 Å². The van der Waals surface area contributed by atoms with E-state index in [4.69, 9.17) is 23.2 Å². The SMILES string of the molecule is Cn1nc(C(F)(F)F)cc1OS(=O)(=O)c1ccc(Cl)cc1Cl. The monoisotopic (exact) mass is 374 g/mol. The lowest BCUT2D eigenvalue weighted by atomic mass is 10.4. The Morgan fingerprint density at radius 2 is 1.86 bits per heavy atom. The normalized spacial score (nSPS) is 12.5. The summed E-state index contributed by atoms with van der Waals surface area (Å²) >= 11 is 11.4. The first-order chi connectivity index (χ1) is 10.0. The zero-order valence-corrected chi connectivity index (χ0v) is 13.1. The van der Waals surface area contributed by atoms with Gasteiger partial charge >= 0.3 is 16.3 Å². The van der Waals surface area contributed by atoms with E-state index < -0.39 is 32.8 Å². The van der Waals surface area contributed by atoms with E-state index in [9.17, 15) is 21.6 Å². The Hall–Kier alpha value is -1.45. The summed E-state index contributed by atoms with van der Waals surface area (Å²) in [5.41, 5.74) is -1.28. The molecule has 0 N–H and O–H groups in total. The fourth-order valence-electron chi connectivity index (χ4n) is 1.50. The molecule has 1 aromatic carbocycles. The number of aromatic nitrogens is 2. The zero-order valence-electron chi connectivity index (χ0n) is 10.7. The molecule has 0 saturated heterocycles. The van der Waals surface area contributed by atoms with Gasteiger partial charge in [-0.1, -0.05) is 23.2 Å². The number of rotatable bonds is 3. The van der Waals surface area contributed by atoms with Crippen LogP contribution in [-0.4, -0.2) is 18.2 Å². The smallest absolute Gasteiger partial charge is 0.358 e. The minimum absolute atomic E-state index is 0.198. The van der Waals surface area contributed by atoms with Crippen LogP contribution in [0.15, 0.2) is 29.2 Å². The Morgan fingerprint density at radius 1 is 1.23 bits per heavy atom. The van der Waals surface area contributed by atoms with Gasteiger partial charge in [0, 0.05) is 18.1 Å². The summed E-state index contributed by atoms with van der Waals surface area (Å²) in [6.45, 7) is 0. The highest BCUT2D eigenvalue weighted by atomic mass is 35.5. The lowest BCUT2D eigenvalue weighted by Gasteiger charge is -2.08. The van der Waals surface area contributed by atoms with E-state index in [2.05, 4.69) is 9.28 Å². The summed E-state index contributed by atoms with van der Waals surface area (Å²) in [5.74, 6) is -0.599. The van der Waals surface area contributed by atoms with Crippen molar-refractivity contribution in [1.29, 1.82) is 0 Å². The second-order valence-corrected chi connectivity index (χ2v) is 6.46. The van der Waals surface area contributed by atoms with E-state index in [0.717, 1.165) is 13.1 Å². The molecule has 0 aliphatic carbocycles. The average Bonchev–Trinajstić information content (AvgIpc) is 2.69. The third-order valence-electron chi connectivity index (χ3n) is 2.49. The lowest BCUT2D eigenvalue weighted by molar-refractivity contribution is -0.141. The summed E-state index contributed by atoms with van der Waals surface area (Å²) in [7, 11) is -3.32. The van der Waals surface area contributed by atoms with Crippen LogP contribution < -0.4 is 4.18 Å². The van der Waals surface area contributed by atoms with E-state index in [1.807, 2.05) is 0 Å².